The molecule has 4 rings (SSSR count). The molecule has 35 heavy (non-hydrogen) atoms. The molecule has 0 aromatic heterocycles. The van der Waals surface area contributed by atoms with Gasteiger partial charge in [-0.2, -0.15) is 5.10 Å². The summed E-state index contributed by atoms with van der Waals surface area (Å²) in [4.78, 5) is 28.2. The number of piperidine rings is 1. The maximum absolute atomic E-state index is 13.7. The van der Waals surface area contributed by atoms with Crippen molar-refractivity contribution in [2.75, 3.05) is 33.9 Å². The molecule has 1 amide bonds. The molecule has 2 aromatic rings. The van der Waals surface area contributed by atoms with E-state index in [1.54, 1.807) is 26.2 Å². The first-order chi connectivity index (χ1) is 17.1. The van der Waals surface area contributed by atoms with Gasteiger partial charge in [0.15, 0.2) is 0 Å². The molecule has 1 saturated heterocycles. The monoisotopic (exact) mass is 479 g/mol. The zero-order chi connectivity index (χ0) is 24.8. The Labute approximate surface area is 206 Å². The molecule has 0 radical (unpaired) electrons. The molecule has 2 aliphatic rings. The van der Waals surface area contributed by atoms with Gasteiger partial charge in [0.1, 0.15) is 17.5 Å². The molecule has 0 N–H and O–H groups in total. The third-order valence-electron chi connectivity index (χ3n) is 6.59. The lowest BCUT2D eigenvalue weighted by Crippen LogP contribution is -2.49. The highest BCUT2D eigenvalue weighted by Gasteiger charge is 2.38. The number of amides is 1. The van der Waals surface area contributed by atoms with Crippen molar-refractivity contribution in [2.24, 2.45) is 5.10 Å². The second kappa shape index (κ2) is 11.4. The molecule has 2 atom stereocenters. The highest BCUT2D eigenvalue weighted by atomic mass is 16.5. The van der Waals surface area contributed by atoms with Gasteiger partial charge >= 0.3 is 5.97 Å². The number of ether oxygens (including phenoxy) is 3. The lowest BCUT2D eigenvalue weighted by Gasteiger charge is -2.34. The van der Waals surface area contributed by atoms with Crippen molar-refractivity contribution < 1.29 is 23.8 Å². The van der Waals surface area contributed by atoms with E-state index in [1.807, 2.05) is 53.4 Å². The quantitative estimate of drug-likeness (QED) is 0.536. The number of hydrogen-bond acceptors (Lipinski definition) is 7. The van der Waals surface area contributed by atoms with E-state index in [9.17, 15) is 9.59 Å². The zero-order valence-corrected chi connectivity index (χ0v) is 20.6. The van der Waals surface area contributed by atoms with Gasteiger partial charge in [0.05, 0.1) is 39.1 Å². The summed E-state index contributed by atoms with van der Waals surface area (Å²) in [5.41, 5.74) is 2.51. The van der Waals surface area contributed by atoms with Gasteiger partial charge in [-0.25, -0.2) is 5.01 Å². The van der Waals surface area contributed by atoms with Crippen LogP contribution >= 0.6 is 0 Å². The maximum Gasteiger partial charge on any atom is 0.323 e. The van der Waals surface area contributed by atoms with Crippen LogP contribution in [0.1, 0.15) is 49.8 Å². The van der Waals surface area contributed by atoms with Crippen molar-refractivity contribution in [3.05, 3.63) is 59.7 Å². The van der Waals surface area contributed by atoms with E-state index in [4.69, 9.17) is 19.3 Å². The molecule has 2 aromatic carbocycles. The number of esters is 1. The topological polar surface area (TPSA) is 80.7 Å². The number of carbonyl (C=O) groups is 2. The van der Waals surface area contributed by atoms with Crippen LogP contribution in [-0.2, 0) is 14.3 Å². The first-order valence-corrected chi connectivity index (χ1v) is 12.1. The molecule has 2 heterocycles. The molecule has 2 aliphatic heterocycles. The normalized spacial score (nSPS) is 20.3. The summed E-state index contributed by atoms with van der Waals surface area (Å²) in [6.07, 6.45) is 3.10. The van der Waals surface area contributed by atoms with Crippen LogP contribution in [0.25, 0.3) is 0 Å². The third kappa shape index (κ3) is 5.32. The molecule has 8 nitrogen and oxygen atoms in total. The van der Waals surface area contributed by atoms with Crippen LogP contribution in [0, 0.1) is 0 Å². The molecule has 0 spiro atoms. The fourth-order valence-electron chi connectivity index (χ4n) is 4.90. The van der Waals surface area contributed by atoms with Crippen molar-refractivity contribution in [1.82, 2.24) is 9.91 Å². The lowest BCUT2D eigenvalue weighted by molar-refractivity contribution is -0.152. The lowest BCUT2D eigenvalue weighted by atomic mass is 9.97. The minimum Gasteiger partial charge on any atom is -0.496 e. The number of hydrogen-bond donors (Lipinski definition) is 0. The summed E-state index contributed by atoms with van der Waals surface area (Å²) in [5.74, 6) is 0.981. The number of likely N-dealkylation sites (tertiary alicyclic amines) is 1. The summed E-state index contributed by atoms with van der Waals surface area (Å²) >= 11 is 0. The van der Waals surface area contributed by atoms with Gasteiger partial charge in [-0.15, -0.1) is 0 Å². The van der Waals surface area contributed by atoms with Crippen molar-refractivity contribution in [1.29, 1.82) is 0 Å². The molecule has 0 saturated carbocycles. The Kier molecular flexibility index (Phi) is 8.02. The summed E-state index contributed by atoms with van der Waals surface area (Å²) < 4.78 is 16.4. The number of benzene rings is 2. The Hall–Kier alpha value is -3.39. The van der Waals surface area contributed by atoms with Gasteiger partial charge in [0.25, 0.3) is 5.91 Å². The van der Waals surface area contributed by atoms with E-state index in [0.717, 1.165) is 29.7 Å². The average Bonchev–Trinajstić information content (AvgIpc) is 3.34. The first kappa shape index (κ1) is 24.7. The Balaban J connectivity index is 1.65. The van der Waals surface area contributed by atoms with E-state index in [1.165, 1.54) is 0 Å². The minimum atomic E-state index is -0.405. The maximum atomic E-state index is 13.7. The van der Waals surface area contributed by atoms with Crippen LogP contribution in [-0.4, -0.2) is 67.5 Å². The van der Waals surface area contributed by atoms with Crippen LogP contribution in [0.2, 0.25) is 0 Å². The highest BCUT2D eigenvalue weighted by molar-refractivity contribution is 6.05. The van der Waals surface area contributed by atoms with Gasteiger partial charge in [-0.1, -0.05) is 36.8 Å². The zero-order valence-electron chi connectivity index (χ0n) is 20.6. The Bertz CT molecular complexity index is 1090. The predicted octanol–water partition coefficient (Wildman–Crippen LogP) is 3.80. The number of nitrogens with zero attached hydrogens (tertiary/aromatic N) is 3. The Morgan fingerprint density at radius 1 is 1.00 bits per heavy atom. The molecule has 0 aliphatic carbocycles. The molecule has 1 fully saturated rings. The molecular weight excluding hydrogens is 446 g/mol. The second-order valence-corrected chi connectivity index (χ2v) is 8.68. The van der Waals surface area contributed by atoms with Gasteiger partial charge in [0.2, 0.25) is 0 Å². The SMILES string of the molecule is CCOC(=O)[C@@H]1CCCCN1CC(=O)N1N=C(c2ccccc2OC)C[C@H]1c1ccccc1OC. The number of para-hydroxylation sites is 2. The Morgan fingerprint density at radius 3 is 2.46 bits per heavy atom. The van der Waals surface area contributed by atoms with E-state index < -0.39 is 6.04 Å². The predicted molar refractivity (Wildman–Crippen MR) is 133 cm³/mol. The van der Waals surface area contributed by atoms with Crippen molar-refractivity contribution in [2.45, 2.75) is 44.7 Å². The van der Waals surface area contributed by atoms with Crippen molar-refractivity contribution in [3.8, 4) is 11.5 Å². The summed E-state index contributed by atoms with van der Waals surface area (Å²) in [5, 5.41) is 6.35. The number of hydrazone groups is 1. The molecule has 0 bridgehead atoms. The molecule has 186 valence electrons. The first-order valence-electron chi connectivity index (χ1n) is 12.1. The van der Waals surface area contributed by atoms with E-state index in [2.05, 4.69) is 0 Å². The smallest absolute Gasteiger partial charge is 0.323 e. The van der Waals surface area contributed by atoms with Crippen LogP contribution < -0.4 is 9.47 Å². The van der Waals surface area contributed by atoms with Gasteiger partial charge in [-0.05, 0) is 44.5 Å². The van der Waals surface area contributed by atoms with Crippen LogP contribution in [0.3, 0.4) is 0 Å². The average molecular weight is 480 g/mol. The third-order valence-corrected chi connectivity index (χ3v) is 6.59. The van der Waals surface area contributed by atoms with E-state index >= 15 is 0 Å². The largest absolute Gasteiger partial charge is 0.496 e. The van der Waals surface area contributed by atoms with Crippen molar-refractivity contribution >= 4 is 17.6 Å². The van der Waals surface area contributed by atoms with E-state index in [-0.39, 0.29) is 24.5 Å². The molecule has 8 heteroatoms. The second-order valence-electron chi connectivity index (χ2n) is 8.68. The number of methoxy groups -OCH3 is 2. The number of carbonyl (C=O) groups excluding carboxylic acids is 2. The fraction of sp³-hybridized carbons (Fsp3) is 0.444. The van der Waals surface area contributed by atoms with Crippen molar-refractivity contribution in [3.63, 3.8) is 0 Å². The minimum absolute atomic E-state index is 0.0951. The summed E-state index contributed by atoms with van der Waals surface area (Å²) in [6.45, 7) is 2.89. The Morgan fingerprint density at radius 2 is 1.71 bits per heavy atom. The molecule has 0 unspecified atom stereocenters. The molecular formula is C27H33N3O5. The number of rotatable bonds is 8. The van der Waals surface area contributed by atoms with Gasteiger partial charge in [0, 0.05) is 17.5 Å². The summed E-state index contributed by atoms with van der Waals surface area (Å²) in [7, 11) is 3.25. The van der Waals surface area contributed by atoms with Gasteiger partial charge in [-0.3, -0.25) is 14.5 Å². The standard InChI is InChI=1S/C27H33N3O5/c1-4-35-27(32)22-13-9-10-16-29(22)18-26(31)30-23(20-12-6-8-15-25(20)34-3)17-21(28-30)19-11-5-7-14-24(19)33-2/h5-8,11-12,14-15,22-23H,4,9-10,13,16-18H2,1-3H3/t22-,23-/m0/s1. The fourth-order valence-corrected chi connectivity index (χ4v) is 4.90. The highest BCUT2D eigenvalue weighted by Crippen LogP contribution is 2.39. The van der Waals surface area contributed by atoms with Gasteiger partial charge < -0.3 is 14.2 Å². The van der Waals surface area contributed by atoms with E-state index in [0.29, 0.717) is 37.5 Å². The summed E-state index contributed by atoms with van der Waals surface area (Å²) in [6, 6.07) is 14.6. The van der Waals surface area contributed by atoms with Crippen LogP contribution in [0.4, 0.5) is 0 Å². The van der Waals surface area contributed by atoms with Crippen LogP contribution in [0.5, 0.6) is 11.5 Å². The van der Waals surface area contributed by atoms with Crippen LogP contribution in [0.15, 0.2) is 53.6 Å².